The van der Waals surface area contributed by atoms with Crippen molar-refractivity contribution < 1.29 is 24.6 Å². The Kier molecular flexibility index (Phi) is 13.8. The van der Waals surface area contributed by atoms with Gasteiger partial charge in [0.1, 0.15) is 17.8 Å². The van der Waals surface area contributed by atoms with Gasteiger partial charge < -0.3 is 45.8 Å². The number of likely N-dealkylation sites (tertiary alicyclic amines) is 2. The number of carbonyl (C=O) groups is 3. The Balaban J connectivity index is 0.626. The van der Waals surface area contributed by atoms with E-state index in [4.69, 9.17) is 9.97 Å². The molecule has 0 bridgehead atoms. The van der Waals surface area contributed by atoms with Gasteiger partial charge in [0.05, 0.1) is 35.3 Å². The Labute approximate surface area is 439 Å². The van der Waals surface area contributed by atoms with Crippen molar-refractivity contribution in [3.8, 4) is 28.3 Å². The first-order chi connectivity index (χ1) is 36.1. The van der Waals surface area contributed by atoms with E-state index >= 15 is 0 Å². The van der Waals surface area contributed by atoms with E-state index in [1.807, 2.05) is 100 Å². The lowest BCUT2D eigenvalue weighted by atomic mass is 9.56. The zero-order chi connectivity index (χ0) is 52.2. The molecule has 11 rings (SSSR count). The summed E-state index contributed by atoms with van der Waals surface area (Å²) in [5.41, 5.74) is 6.11. The molecule has 0 radical (unpaired) electrons. The normalized spacial score (nSPS) is 25.9. The van der Waals surface area contributed by atoms with Gasteiger partial charge in [0.25, 0.3) is 0 Å². The fourth-order valence-corrected chi connectivity index (χ4v) is 13.1. The third kappa shape index (κ3) is 10.3. The van der Waals surface area contributed by atoms with E-state index < -0.39 is 23.6 Å². The number of rotatable bonds is 11. The van der Waals surface area contributed by atoms with Crippen LogP contribution in [0.15, 0.2) is 79.3 Å². The molecule has 4 aliphatic heterocycles. The average molecular weight is 1020 g/mol. The minimum Gasteiger partial charge on any atom is -0.507 e. The van der Waals surface area contributed by atoms with Crippen LogP contribution in [0.1, 0.15) is 109 Å². The molecule has 18 nitrogen and oxygen atoms in total. The van der Waals surface area contributed by atoms with E-state index in [-0.39, 0.29) is 59.9 Å². The number of para-hydroxylation sites is 1. The third-order valence-electron chi connectivity index (χ3n) is 17.6. The highest BCUT2D eigenvalue weighted by Crippen LogP contribution is 2.55. The summed E-state index contributed by atoms with van der Waals surface area (Å²) in [6, 6.07) is 17.9. The highest BCUT2D eigenvalue weighted by atomic mass is 16.3. The lowest BCUT2D eigenvalue weighted by Crippen LogP contribution is -2.59. The number of piperazine rings is 1. The highest BCUT2D eigenvalue weighted by molar-refractivity contribution is 5.93. The molecular formula is C57H73N13O5. The van der Waals surface area contributed by atoms with Gasteiger partial charge in [0, 0.05) is 82.3 Å². The second-order valence-electron chi connectivity index (χ2n) is 23.5. The molecule has 6 aliphatic rings. The smallest absolute Gasteiger partial charge is 0.246 e. The summed E-state index contributed by atoms with van der Waals surface area (Å²) >= 11 is 0. The maximum atomic E-state index is 14.4. The summed E-state index contributed by atoms with van der Waals surface area (Å²) in [6.45, 7) is 13.0. The standard InChI is InChI=1S/C57H73N13O5/c1-35(36-10-12-38(13-11-36)46-16-21-61-66(46)5)62-53(74)48-26-43(71)34-70(48)54(75)50(56(2,3)4)63-52(73)39-14-19-57(20-15-39)28-41(29-57)67-22-17-37(18-23-67)40-30-59-55(60-31-40)68-24-25-69-42(33-68)32-58-51-47(69)27-45(64-65-51)44-8-6-7-9-49(44)72/h6-13,16,21,27,30-31,35,37,39,41-43,48,50,71-72H,14-15,17-20,22-26,28-29,32-34H2,1-5H3,(H,58,65)(H,62,74)(H,63,73)/t35-,39-,41-,42-,43+,48-,50+,57?/m0/s1. The van der Waals surface area contributed by atoms with Gasteiger partial charge in [0.2, 0.25) is 23.7 Å². The second-order valence-corrected chi connectivity index (χ2v) is 23.5. The summed E-state index contributed by atoms with van der Waals surface area (Å²) in [4.78, 5) is 61.0. The van der Waals surface area contributed by atoms with Crippen LogP contribution in [0.4, 0.5) is 17.5 Å². The van der Waals surface area contributed by atoms with Crippen LogP contribution in [0.2, 0.25) is 0 Å². The van der Waals surface area contributed by atoms with E-state index in [9.17, 15) is 24.6 Å². The van der Waals surface area contributed by atoms with Crippen LogP contribution < -0.4 is 25.8 Å². The van der Waals surface area contributed by atoms with Crippen molar-refractivity contribution in [2.75, 3.05) is 60.9 Å². The van der Waals surface area contributed by atoms with Crippen LogP contribution in [-0.2, 0) is 21.4 Å². The number of aliphatic hydroxyl groups excluding tert-OH is 1. The van der Waals surface area contributed by atoms with Gasteiger partial charge >= 0.3 is 0 Å². The number of hydrogen-bond acceptors (Lipinski definition) is 14. The first-order valence-corrected chi connectivity index (χ1v) is 27.2. The van der Waals surface area contributed by atoms with Crippen molar-refractivity contribution >= 4 is 35.2 Å². The van der Waals surface area contributed by atoms with Crippen LogP contribution in [-0.4, -0.2) is 144 Å². The molecule has 2 aliphatic carbocycles. The molecule has 3 saturated heterocycles. The Morgan fingerprint density at radius 1 is 0.853 bits per heavy atom. The summed E-state index contributed by atoms with van der Waals surface area (Å²) in [5.74, 6) is 1.24. The molecule has 75 heavy (non-hydrogen) atoms. The summed E-state index contributed by atoms with van der Waals surface area (Å²) in [6.07, 6.45) is 13.3. The van der Waals surface area contributed by atoms with E-state index in [0.29, 0.717) is 23.2 Å². The average Bonchev–Trinajstić information content (AvgIpc) is 4.04. The van der Waals surface area contributed by atoms with Gasteiger partial charge in [-0.15, -0.1) is 10.2 Å². The number of phenols is 1. The number of carbonyl (C=O) groups excluding carboxylic acids is 3. The number of amides is 3. The molecule has 7 heterocycles. The molecule has 3 aromatic heterocycles. The topological polar surface area (TPSA) is 210 Å². The Hall–Kier alpha value is -6.66. The first-order valence-electron chi connectivity index (χ1n) is 27.2. The van der Waals surface area contributed by atoms with Gasteiger partial charge in [-0.2, -0.15) is 5.10 Å². The van der Waals surface area contributed by atoms with Gasteiger partial charge in [-0.05, 0) is 129 Å². The molecule has 18 heteroatoms. The number of β-amino-alcohol motifs (C(OH)–C–C–N with tert-alkyl or cyclic N) is 1. The van der Waals surface area contributed by atoms with Crippen molar-refractivity contribution in [2.45, 2.75) is 128 Å². The molecular weight excluding hydrogens is 947 g/mol. The van der Waals surface area contributed by atoms with Crippen molar-refractivity contribution in [3.05, 3.63) is 90.4 Å². The lowest BCUT2D eigenvalue weighted by Gasteiger charge is -2.55. The first kappa shape index (κ1) is 50.5. The molecule has 5 N–H and O–H groups in total. The van der Waals surface area contributed by atoms with Gasteiger partial charge in [-0.25, -0.2) is 9.97 Å². The maximum Gasteiger partial charge on any atom is 0.246 e. The SMILES string of the molecule is C[C@H](NC(=O)[C@@H]1C[C@@H](O)CN1C(=O)[C@@H](NC(=O)[C@H]1CCC2(CC1)C[C@H](N1CCC(c3cnc(N4CCN5c6cc(-c7ccccc7O)nnc6NC[C@H]5C4)nc3)CC1)C2)C(C)(C)C)c1ccc(-c2ccnn2C)cc1. The number of hydrogen-bond donors (Lipinski definition) is 5. The third-order valence-corrected chi connectivity index (χ3v) is 17.6. The molecule has 2 saturated carbocycles. The van der Waals surface area contributed by atoms with E-state index in [1.54, 1.807) is 18.3 Å². The molecule has 0 unspecified atom stereocenters. The van der Waals surface area contributed by atoms with Gasteiger partial charge in [0.15, 0.2) is 5.82 Å². The van der Waals surface area contributed by atoms with Crippen molar-refractivity contribution in [2.24, 2.45) is 23.8 Å². The summed E-state index contributed by atoms with van der Waals surface area (Å²) < 4.78 is 1.81. The number of nitrogens with one attached hydrogen (secondary N) is 3. The summed E-state index contributed by atoms with van der Waals surface area (Å²) in [5, 5.41) is 44.1. The molecule has 5 atom stereocenters. The van der Waals surface area contributed by atoms with Crippen molar-refractivity contribution in [1.82, 2.24) is 50.4 Å². The number of fused-ring (bicyclic) bond motifs is 3. The van der Waals surface area contributed by atoms with Crippen molar-refractivity contribution in [1.29, 1.82) is 0 Å². The fraction of sp³-hybridized carbons (Fsp3) is 0.544. The molecule has 5 fully saturated rings. The predicted octanol–water partition coefficient (Wildman–Crippen LogP) is 6.05. The summed E-state index contributed by atoms with van der Waals surface area (Å²) in [7, 11) is 1.90. The highest BCUT2D eigenvalue weighted by Gasteiger charge is 2.50. The predicted molar refractivity (Wildman–Crippen MR) is 287 cm³/mol. The van der Waals surface area contributed by atoms with Crippen LogP contribution in [0, 0.1) is 16.7 Å². The zero-order valence-electron chi connectivity index (χ0n) is 44.0. The van der Waals surface area contributed by atoms with Crippen molar-refractivity contribution in [3.63, 3.8) is 0 Å². The quantitative estimate of drug-likeness (QED) is 0.102. The number of aryl methyl sites for hydroxylation is 1. The van der Waals surface area contributed by atoms with Crippen LogP contribution >= 0.6 is 0 Å². The minimum atomic E-state index is -0.850. The van der Waals surface area contributed by atoms with E-state index in [0.717, 1.165) is 112 Å². The van der Waals surface area contributed by atoms with E-state index in [2.05, 4.69) is 45.9 Å². The molecule has 5 aromatic rings. The fourth-order valence-electron chi connectivity index (χ4n) is 13.1. The maximum absolute atomic E-state index is 14.4. The number of benzene rings is 2. The van der Waals surface area contributed by atoms with Crippen LogP contribution in [0.25, 0.3) is 22.5 Å². The number of phenolic OH excluding ortho intramolecular Hbond substituents is 1. The minimum absolute atomic E-state index is 0.0386. The number of piperidine rings is 1. The zero-order valence-corrected chi connectivity index (χ0v) is 44.0. The molecule has 2 aromatic carbocycles. The Morgan fingerprint density at radius 2 is 1.59 bits per heavy atom. The number of aromatic hydroxyl groups is 1. The monoisotopic (exact) mass is 1020 g/mol. The van der Waals surface area contributed by atoms with Crippen LogP contribution in [0.3, 0.4) is 0 Å². The number of nitrogens with zero attached hydrogens (tertiary/aromatic N) is 10. The second kappa shape index (κ2) is 20.5. The molecule has 3 amide bonds. The number of aliphatic hydroxyl groups is 1. The van der Waals surface area contributed by atoms with Gasteiger partial charge in [-0.1, -0.05) is 57.2 Å². The number of anilines is 3. The number of aromatic nitrogens is 6. The Morgan fingerprint density at radius 3 is 2.28 bits per heavy atom. The van der Waals surface area contributed by atoms with Gasteiger partial charge in [-0.3, -0.25) is 19.1 Å². The van der Waals surface area contributed by atoms with Crippen LogP contribution in [0.5, 0.6) is 5.75 Å². The lowest BCUT2D eigenvalue weighted by molar-refractivity contribution is -0.145. The molecule has 1 spiro atoms. The molecule has 396 valence electrons. The largest absolute Gasteiger partial charge is 0.507 e. The Bertz CT molecular complexity index is 2860. The van der Waals surface area contributed by atoms with E-state index in [1.165, 1.54) is 23.3 Å².